The minimum atomic E-state index is -0.120. The van der Waals surface area contributed by atoms with Crippen molar-refractivity contribution in [2.75, 3.05) is 0 Å². The lowest BCUT2D eigenvalue weighted by Crippen LogP contribution is -1.92. The van der Waals surface area contributed by atoms with E-state index in [9.17, 15) is 5.21 Å². The van der Waals surface area contributed by atoms with Crippen LogP contribution in [0, 0.1) is 11.8 Å². The second-order valence-corrected chi connectivity index (χ2v) is 1.19. The molecule has 1 rings (SSSR count). The van der Waals surface area contributed by atoms with E-state index in [4.69, 9.17) is 6.57 Å². The largest absolute Gasteiger partial charge is 0.371 e. The van der Waals surface area contributed by atoms with Gasteiger partial charge in [-0.05, 0) is 5.08 Å². The second-order valence-electron chi connectivity index (χ2n) is 1.19. The van der Waals surface area contributed by atoms with Crippen LogP contribution >= 0.6 is 0 Å². The fraction of sp³-hybridized carbons (Fsp3) is 0.500. The van der Waals surface area contributed by atoms with Crippen LogP contribution < -0.4 is 0 Å². The summed E-state index contributed by atoms with van der Waals surface area (Å²) in [6.45, 7) is 4.75. The summed E-state index contributed by atoms with van der Waals surface area (Å²) < 4.78 is 8.24. The molecule has 0 radical (unpaired) electrons. The van der Waals surface area contributed by atoms with Crippen molar-refractivity contribution in [3.05, 3.63) is 10.1 Å². The molecule has 9 heavy (non-hydrogen) atoms. The fourth-order valence-corrected chi connectivity index (χ4v) is 0.322. The molecule has 50 valence electrons. The number of hydrogen-bond donors (Lipinski definition) is 1. The first-order valence-corrected chi connectivity index (χ1v) is 2.05. The Labute approximate surface area is 49.0 Å². The van der Waals surface area contributed by atoms with E-state index in [1.165, 1.54) is 0 Å². The van der Waals surface area contributed by atoms with Crippen molar-refractivity contribution < 1.29 is 9.26 Å². The number of nitrogens with one attached hydrogen (secondary N) is 1. The predicted octanol–water partition coefficient (Wildman–Crippen LogP) is 0.194. The van der Waals surface area contributed by atoms with Crippen LogP contribution in [0.4, 0.5) is 0 Å². The molecule has 1 heterocycles. The van der Waals surface area contributed by atoms with Gasteiger partial charge in [0.15, 0.2) is 0 Å². The molecule has 0 aromatic carbocycles. The SMILES string of the molecule is C#[N+]Cn1[nH]on([O-])o1. The van der Waals surface area contributed by atoms with E-state index in [2.05, 4.69) is 19.4 Å². The molecule has 0 unspecified atom stereocenters. The lowest BCUT2D eigenvalue weighted by molar-refractivity contribution is 0.0845. The van der Waals surface area contributed by atoms with Gasteiger partial charge in [0.25, 0.3) is 6.57 Å². The smallest absolute Gasteiger partial charge is 0.350 e. The molecule has 0 saturated carbocycles. The van der Waals surface area contributed by atoms with Crippen LogP contribution in [0.1, 0.15) is 0 Å². The number of H-pyrrole nitrogens is 1. The molecule has 7 nitrogen and oxygen atoms in total. The zero-order valence-electron chi connectivity index (χ0n) is 4.35. The molecular weight excluding hydrogens is 128 g/mol. The Morgan fingerprint density at radius 2 is 2.56 bits per heavy atom. The van der Waals surface area contributed by atoms with Crippen LogP contribution in [0.25, 0.3) is 4.85 Å². The molecule has 0 amide bonds. The average molecular weight is 132 g/mol. The lowest BCUT2D eigenvalue weighted by Gasteiger charge is -1.85. The van der Waals surface area contributed by atoms with Gasteiger partial charge in [-0.25, -0.2) is 0 Å². The van der Waals surface area contributed by atoms with Gasteiger partial charge in [0.1, 0.15) is 0 Å². The van der Waals surface area contributed by atoms with E-state index in [-0.39, 0.29) is 11.7 Å². The zero-order chi connectivity index (χ0) is 6.69. The normalized spacial score (nSPS) is 8.78. The minimum absolute atomic E-state index is 0.0126. The van der Waals surface area contributed by atoms with Gasteiger partial charge in [-0.1, -0.05) is 9.70 Å². The van der Waals surface area contributed by atoms with Crippen LogP contribution in [0.3, 0.4) is 0 Å². The summed E-state index contributed by atoms with van der Waals surface area (Å²) in [6, 6.07) is 0. The summed E-state index contributed by atoms with van der Waals surface area (Å²) in [5.74, 6) is 0. The molecule has 1 aromatic heterocycles. The highest BCUT2D eigenvalue weighted by Gasteiger charge is 1.89. The van der Waals surface area contributed by atoms with Crippen molar-refractivity contribution in [2.24, 2.45) is 0 Å². The van der Waals surface area contributed by atoms with Crippen molar-refractivity contribution >= 4 is 0 Å². The van der Waals surface area contributed by atoms with Gasteiger partial charge in [0.2, 0.25) is 0 Å². The number of aromatic amines is 1. The highest BCUT2D eigenvalue weighted by molar-refractivity contribution is 4.54. The molecule has 0 bridgehead atoms. The number of nitrogens with zero attached hydrogens (tertiary/aromatic N) is 3. The quantitative estimate of drug-likeness (QED) is 0.592. The summed E-state index contributed by atoms with van der Waals surface area (Å²) >= 11 is 0. The Hall–Kier alpha value is -1.71. The summed E-state index contributed by atoms with van der Waals surface area (Å²) in [4.78, 5) is 4.05. The van der Waals surface area contributed by atoms with Crippen LogP contribution in [-0.4, -0.2) is 15.2 Å². The number of rotatable bonds is 1. The Morgan fingerprint density at radius 1 is 1.78 bits per heavy atom. The third-order valence-electron chi connectivity index (χ3n) is 0.592. The molecule has 1 N–H and O–H groups in total. The van der Waals surface area contributed by atoms with Gasteiger partial charge in [0, 0.05) is 0 Å². The van der Waals surface area contributed by atoms with Crippen LogP contribution in [0.15, 0.2) is 9.26 Å². The molecule has 0 spiro atoms. The monoisotopic (exact) mass is 132 g/mol. The summed E-state index contributed by atoms with van der Waals surface area (Å²) in [6.07, 6.45) is 0. The minimum Gasteiger partial charge on any atom is -0.350 e. The van der Waals surface area contributed by atoms with Gasteiger partial charge in [-0.2, -0.15) is 5.27 Å². The van der Waals surface area contributed by atoms with E-state index in [1.54, 1.807) is 0 Å². The average Bonchev–Trinajstić information content (AvgIpc) is 2.17. The van der Waals surface area contributed by atoms with Crippen LogP contribution in [0.5, 0.6) is 0 Å². The second kappa shape index (κ2) is 2.04. The van der Waals surface area contributed by atoms with Crippen molar-refractivity contribution in [1.82, 2.24) is 15.2 Å². The van der Waals surface area contributed by atoms with Gasteiger partial charge in [-0.3, -0.25) is 0 Å². The molecule has 0 aliphatic carbocycles. The lowest BCUT2D eigenvalue weighted by atomic mass is 11.2. The standard InChI is InChI=1S/C2H4N4O3/c1-3-2-5-4-8-6(7)9-5/h1,4H,2H2. The maximum absolute atomic E-state index is 10.0. The Balaban J connectivity index is 2.76. The zero-order valence-corrected chi connectivity index (χ0v) is 4.35. The van der Waals surface area contributed by atoms with E-state index in [0.717, 1.165) is 4.85 Å². The molecule has 1 aromatic rings. The highest BCUT2D eigenvalue weighted by atomic mass is 17.0. The summed E-state index contributed by atoms with van der Waals surface area (Å²) in [5, 5.41) is 12.0. The molecule has 7 heteroatoms. The Bertz CT molecular complexity index is 236. The van der Waals surface area contributed by atoms with Crippen LogP contribution in [0.2, 0.25) is 0 Å². The first-order valence-electron chi connectivity index (χ1n) is 2.05. The maximum atomic E-state index is 10.0. The molecule has 0 saturated heterocycles. The number of aromatic nitrogens is 3. The topological polar surface area (TPSA) is 79.3 Å². The van der Waals surface area contributed by atoms with E-state index in [1.807, 2.05) is 0 Å². The maximum Gasteiger partial charge on any atom is 0.371 e. The van der Waals surface area contributed by atoms with Crippen molar-refractivity contribution in [3.63, 3.8) is 0 Å². The van der Waals surface area contributed by atoms with Gasteiger partial charge >= 0.3 is 6.67 Å². The van der Waals surface area contributed by atoms with Crippen molar-refractivity contribution in [3.8, 4) is 6.57 Å². The molecule has 0 aliphatic heterocycles. The third-order valence-corrected chi connectivity index (χ3v) is 0.592. The summed E-state index contributed by atoms with van der Waals surface area (Å²) in [5.41, 5.74) is 0. The summed E-state index contributed by atoms with van der Waals surface area (Å²) in [7, 11) is 0. The van der Waals surface area contributed by atoms with Gasteiger partial charge in [0.05, 0.1) is 0 Å². The number of hydrogen-bond acceptors (Lipinski definition) is 3. The van der Waals surface area contributed by atoms with Crippen molar-refractivity contribution in [1.29, 1.82) is 0 Å². The van der Waals surface area contributed by atoms with E-state index >= 15 is 0 Å². The predicted molar refractivity (Wildman–Crippen MR) is 26.0 cm³/mol. The van der Waals surface area contributed by atoms with Crippen LogP contribution in [-0.2, 0) is 6.67 Å². The van der Waals surface area contributed by atoms with Gasteiger partial charge in [-0.15, -0.1) is 0 Å². The van der Waals surface area contributed by atoms with E-state index in [0.29, 0.717) is 0 Å². The van der Waals surface area contributed by atoms with Crippen molar-refractivity contribution in [2.45, 2.75) is 6.67 Å². The molecular formula is C2H4N4O3. The third kappa shape index (κ3) is 1.09. The molecule has 0 fully saturated rings. The molecule has 0 aliphatic rings. The van der Waals surface area contributed by atoms with Gasteiger partial charge < -0.3 is 14.5 Å². The first-order chi connectivity index (χ1) is 4.33. The Morgan fingerprint density at radius 3 is 3.00 bits per heavy atom. The first kappa shape index (κ1) is 5.43. The van der Waals surface area contributed by atoms with E-state index < -0.39 is 0 Å². The molecule has 0 atom stereocenters. The fourth-order valence-electron chi connectivity index (χ4n) is 0.322. The Kier molecular flexibility index (Phi) is 1.23. The highest BCUT2D eigenvalue weighted by Crippen LogP contribution is 1.83.